The van der Waals surface area contributed by atoms with Crippen LogP contribution >= 0.6 is 0 Å². The second-order valence-electron chi connectivity index (χ2n) is 7.65. The lowest BCUT2D eigenvalue weighted by Crippen LogP contribution is -2.23. The third-order valence-corrected chi connectivity index (χ3v) is 5.06. The number of esters is 1. The molecule has 0 aromatic rings. The van der Waals surface area contributed by atoms with E-state index in [0.717, 1.165) is 44.9 Å². The van der Waals surface area contributed by atoms with E-state index in [2.05, 4.69) is 17.7 Å². The van der Waals surface area contributed by atoms with Crippen LogP contribution in [0.15, 0.2) is 47.6 Å². The van der Waals surface area contributed by atoms with Gasteiger partial charge in [-0.3, -0.25) is 4.79 Å². The summed E-state index contributed by atoms with van der Waals surface area (Å²) in [6.07, 6.45) is 17.3. The van der Waals surface area contributed by atoms with Crippen LogP contribution in [-0.4, -0.2) is 46.7 Å². The Bertz CT molecular complexity index is 588. The number of methoxy groups -OCH3 is 1. The van der Waals surface area contributed by atoms with Crippen LogP contribution < -0.4 is 0 Å². The van der Waals surface area contributed by atoms with Gasteiger partial charge in [-0.1, -0.05) is 62.6 Å². The van der Waals surface area contributed by atoms with Gasteiger partial charge in [0, 0.05) is 6.42 Å². The van der Waals surface area contributed by atoms with Crippen molar-refractivity contribution in [1.29, 1.82) is 0 Å². The number of ether oxygens (including phenoxy) is 1. The summed E-state index contributed by atoms with van der Waals surface area (Å²) < 4.78 is 4.56. The summed E-state index contributed by atoms with van der Waals surface area (Å²) in [6, 6.07) is 0. The van der Waals surface area contributed by atoms with Gasteiger partial charge in [0.15, 0.2) is 0 Å². The number of rotatable bonds is 13. The molecule has 0 radical (unpaired) electrons. The second kappa shape index (κ2) is 15.2. The standard InChI is InChI=1S/C24H38O5/c1-3-4-5-12-21(25)17-16-20-10-6-9-19(18-20)11-7-13-22(26)23(27)14-8-15-24(28)29-2/h7,11,13,16-18,21-23,25-27H,3-6,8-10,12,14-15H2,1-2H3/b13-7+,17-16+,19-11-/t21-,22+,23-/m0/s1. The van der Waals surface area contributed by atoms with Crippen molar-refractivity contribution < 1.29 is 24.9 Å². The SMILES string of the molecule is CCCCC[C@H](O)/C=C/C1=CC(=C\C=C\[C@@H](O)[C@@H](O)CCCC(=O)OC)/CCC1. The summed E-state index contributed by atoms with van der Waals surface area (Å²) >= 11 is 0. The highest BCUT2D eigenvalue weighted by Gasteiger charge is 2.13. The van der Waals surface area contributed by atoms with E-state index in [1.807, 2.05) is 18.2 Å². The van der Waals surface area contributed by atoms with Crippen LogP contribution in [0, 0.1) is 0 Å². The van der Waals surface area contributed by atoms with Crippen LogP contribution in [0.1, 0.15) is 71.1 Å². The van der Waals surface area contributed by atoms with Gasteiger partial charge in [-0.25, -0.2) is 0 Å². The molecule has 1 aliphatic rings. The Kier molecular flexibility index (Phi) is 13.3. The van der Waals surface area contributed by atoms with Gasteiger partial charge in [0.25, 0.3) is 0 Å². The molecule has 1 rings (SSSR count). The largest absolute Gasteiger partial charge is 0.469 e. The van der Waals surface area contributed by atoms with E-state index in [0.29, 0.717) is 12.8 Å². The Labute approximate surface area is 175 Å². The second-order valence-corrected chi connectivity index (χ2v) is 7.65. The molecule has 0 bridgehead atoms. The van der Waals surface area contributed by atoms with E-state index < -0.39 is 12.2 Å². The number of aliphatic hydroxyl groups excluding tert-OH is 3. The Balaban J connectivity index is 2.48. The summed E-state index contributed by atoms with van der Waals surface area (Å²) in [4.78, 5) is 11.1. The molecule has 0 heterocycles. The Morgan fingerprint density at radius 3 is 2.66 bits per heavy atom. The topological polar surface area (TPSA) is 87.0 Å². The number of unbranched alkanes of at least 4 members (excludes halogenated alkanes) is 2. The van der Waals surface area contributed by atoms with E-state index in [1.165, 1.54) is 18.3 Å². The van der Waals surface area contributed by atoms with Crippen molar-refractivity contribution in [3.05, 3.63) is 47.6 Å². The molecular weight excluding hydrogens is 368 g/mol. The lowest BCUT2D eigenvalue weighted by Gasteiger charge is -2.14. The van der Waals surface area contributed by atoms with Gasteiger partial charge >= 0.3 is 5.97 Å². The van der Waals surface area contributed by atoms with Crippen molar-refractivity contribution in [1.82, 2.24) is 0 Å². The smallest absolute Gasteiger partial charge is 0.305 e. The summed E-state index contributed by atoms with van der Waals surface area (Å²) in [5, 5.41) is 30.0. The van der Waals surface area contributed by atoms with Crippen LogP contribution in [0.25, 0.3) is 0 Å². The van der Waals surface area contributed by atoms with E-state index in [1.54, 1.807) is 12.2 Å². The van der Waals surface area contributed by atoms with Gasteiger partial charge in [-0.15, -0.1) is 0 Å². The molecule has 29 heavy (non-hydrogen) atoms. The van der Waals surface area contributed by atoms with E-state index in [4.69, 9.17) is 0 Å². The highest BCUT2D eigenvalue weighted by Crippen LogP contribution is 2.23. The normalized spacial score (nSPS) is 19.5. The quantitative estimate of drug-likeness (QED) is 0.316. The van der Waals surface area contributed by atoms with Gasteiger partial charge < -0.3 is 20.1 Å². The first-order valence-corrected chi connectivity index (χ1v) is 10.8. The summed E-state index contributed by atoms with van der Waals surface area (Å²) in [7, 11) is 1.33. The number of carbonyl (C=O) groups is 1. The zero-order chi connectivity index (χ0) is 21.5. The maximum atomic E-state index is 11.1. The fourth-order valence-corrected chi connectivity index (χ4v) is 3.23. The lowest BCUT2D eigenvalue weighted by molar-refractivity contribution is -0.140. The average molecular weight is 407 g/mol. The van der Waals surface area contributed by atoms with Crippen molar-refractivity contribution >= 4 is 5.97 Å². The number of allylic oxidation sites excluding steroid dienone is 6. The molecule has 5 nitrogen and oxygen atoms in total. The molecule has 3 N–H and O–H groups in total. The fraction of sp³-hybridized carbons (Fsp3) is 0.625. The zero-order valence-electron chi connectivity index (χ0n) is 17.9. The van der Waals surface area contributed by atoms with Crippen LogP contribution in [0.5, 0.6) is 0 Å². The summed E-state index contributed by atoms with van der Waals surface area (Å²) in [5.41, 5.74) is 2.37. The number of hydrogen-bond acceptors (Lipinski definition) is 5. The predicted octanol–water partition coefficient (Wildman–Crippen LogP) is 4.14. The van der Waals surface area contributed by atoms with Gasteiger partial charge in [-0.2, -0.15) is 0 Å². The molecule has 0 aromatic heterocycles. The maximum Gasteiger partial charge on any atom is 0.305 e. The van der Waals surface area contributed by atoms with Gasteiger partial charge in [0.2, 0.25) is 0 Å². The van der Waals surface area contributed by atoms with Gasteiger partial charge in [0.1, 0.15) is 0 Å². The number of hydrogen-bond donors (Lipinski definition) is 3. The highest BCUT2D eigenvalue weighted by atomic mass is 16.5. The lowest BCUT2D eigenvalue weighted by atomic mass is 9.94. The highest BCUT2D eigenvalue weighted by molar-refractivity contribution is 5.68. The van der Waals surface area contributed by atoms with Gasteiger partial charge in [0.05, 0.1) is 25.4 Å². The zero-order valence-corrected chi connectivity index (χ0v) is 17.9. The molecule has 3 atom stereocenters. The monoisotopic (exact) mass is 406 g/mol. The third-order valence-electron chi connectivity index (χ3n) is 5.06. The molecule has 5 heteroatoms. The Hall–Kier alpha value is -1.69. The summed E-state index contributed by atoms with van der Waals surface area (Å²) in [5.74, 6) is -0.311. The van der Waals surface area contributed by atoms with E-state index in [-0.39, 0.29) is 18.5 Å². The van der Waals surface area contributed by atoms with Crippen molar-refractivity contribution in [2.24, 2.45) is 0 Å². The molecule has 0 amide bonds. The molecule has 1 aliphatic carbocycles. The first kappa shape index (κ1) is 25.3. The van der Waals surface area contributed by atoms with Crippen LogP contribution in [0.4, 0.5) is 0 Å². The molecule has 0 saturated heterocycles. The van der Waals surface area contributed by atoms with Crippen LogP contribution in [0.2, 0.25) is 0 Å². The van der Waals surface area contributed by atoms with Crippen LogP contribution in [0.3, 0.4) is 0 Å². The average Bonchev–Trinajstić information content (AvgIpc) is 2.72. The minimum absolute atomic E-state index is 0.239. The molecular formula is C24H38O5. The van der Waals surface area contributed by atoms with Gasteiger partial charge in [-0.05, 0) is 49.7 Å². The van der Waals surface area contributed by atoms with E-state index in [9.17, 15) is 20.1 Å². The minimum Gasteiger partial charge on any atom is -0.469 e. The molecule has 0 unspecified atom stereocenters. The molecule has 0 saturated carbocycles. The number of carbonyl (C=O) groups excluding carboxylic acids is 1. The Morgan fingerprint density at radius 1 is 1.14 bits per heavy atom. The molecule has 164 valence electrons. The molecule has 0 aromatic carbocycles. The summed E-state index contributed by atoms with van der Waals surface area (Å²) in [6.45, 7) is 2.16. The maximum absolute atomic E-state index is 11.1. The van der Waals surface area contributed by atoms with Crippen molar-refractivity contribution in [3.63, 3.8) is 0 Å². The van der Waals surface area contributed by atoms with Crippen LogP contribution in [-0.2, 0) is 9.53 Å². The molecule has 0 aliphatic heterocycles. The third kappa shape index (κ3) is 11.8. The Morgan fingerprint density at radius 2 is 1.93 bits per heavy atom. The molecule has 0 spiro atoms. The fourth-order valence-electron chi connectivity index (χ4n) is 3.23. The first-order valence-electron chi connectivity index (χ1n) is 10.8. The van der Waals surface area contributed by atoms with E-state index >= 15 is 0 Å². The minimum atomic E-state index is -0.963. The van der Waals surface area contributed by atoms with Crippen molar-refractivity contribution in [2.45, 2.75) is 89.4 Å². The number of aliphatic hydroxyl groups is 3. The molecule has 0 fully saturated rings. The van der Waals surface area contributed by atoms with Crippen molar-refractivity contribution in [3.8, 4) is 0 Å². The predicted molar refractivity (Wildman–Crippen MR) is 116 cm³/mol. The van der Waals surface area contributed by atoms with Crippen molar-refractivity contribution in [2.75, 3.05) is 7.11 Å². The first-order chi connectivity index (χ1) is 14.0.